The first-order valence-corrected chi connectivity index (χ1v) is 3.37. The van der Waals surface area contributed by atoms with E-state index in [1.807, 2.05) is 30.3 Å². The monoisotopic (exact) mass is 148 g/mol. The minimum absolute atomic E-state index is 0.0238. The molecule has 11 heavy (non-hydrogen) atoms. The highest BCUT2D eigenvalue weighted by Crippen LogP contribution is 2.03. The largest absolute Gasteiger partial charge is 0.549 e. The number of carbonyl (C=O) groups excluding carboxylic acids is 1. The Morgan fingerprint density at radius 1 is 1.36 bits per heavy atom. The van der Waals surface area contributed by atoms with E-state index in [4.69, 9.17) is 0 Å². The van der Waals surface area contributed by atoms with Crippen LogP contribution in [0.2, 0.25) is 0 Å². The van der Waals surface area contributed by atoms with Crippen LogP contribution in [0.15, 0.2) is 30.3 Å². The van der Waals surface area contributed by atoms with Crippen LogP contribution in [-0.2, 0) is 4.79 Å². The number of rotatable bonds is 3. The van der Waals surface area contributed by atoms with Crippen LogP contribution in [0.25, 0.3) is 0 Å². The minimum atomic E-state index is -1.05. The Labute approximate surface area is 65.5 Å². The van der Waals surface area contributed by atoms with E-state index in [-0.39, 0.29) is 6.42 Å². The summed E-state index contributed by atoms with van der Waals surface area (Å²) in [5, 5.41) is 10.0. The minimum Gasteiger partial charge on any atom is -0.549 e. The van der Waals surface area contributed by atoms with Gasteiger partial charge in [0.15, 0.2) is 0 Å². The van der Waals surface area contributed by atoms with Crippen molar-refractivity contribution in [3.05, 3.63) is 42.3 Å². The van der Waals surface area contributed by atoms with Crippen molar-refractivity contribution in [2.45, 2.75) is 6.42 Å². The van der Waals surface area contributed by atoms with Crippen LogP contribution in [0.4, 0.5) is 0 Å². The second kappa shape index (κ2) is 3.66. The zero-order valence-corrected chi connectivity index (χ0v) is 5.99. The molecule has 0 saturated heterocycles. The molecule has 0 aliphatic carbocycles. The van der Waals surface area contributed by atoms with E-state index in [9.17, 15) is 9.90 Å². The van der Waals surface area contributed by atoms with Crippen molar-refractivity contribution in [2.75, 3.05) is 0 Å². The normalized spacial score (nSPS) is 9.09. The smallest absolute Gasteiger partial charge is 0.130 e. The van der Waals surface area contributed by atoms with Gasteiger partial charge in [0.05, 0.1) is 12.4 Å². The Kier molecular flexibility index (Phi) is 2.55. The molecule has 0 unspecified atom stereocenters. The Balaban J connectivity index is 2.45. The van der Waals surface area contributed by atoms with Gasteiger partial charge in [0.2, 0.25) is 0 Å². The topological polar surface area (TPSA) is 40.1 Å². The number of hydrogen-bond donors (Lipinski definition) is 0. The molecule has 0 aliphatic heterocycles. The first-order valence-electron chi connectivity index (χ1n) is 3.37. The van der Waals surface area contributed by atoms with E-state index in [0.717, 1.165) is 5.56 Å². The fourth-order valence-electron chi connectivity index (χ4n) is 0.790. The Morgan fingerprint density at radius 2 is 2.00 bits per heavy atom. The van der Waals surface area contributed by atoms with Crippen molar-refractivity contribution in [1.82, 2.24) is 0 Å². The predicted octanol–water partition coefficient (Wildman–Crippen LogP) is 0.379. The summed E-state index contributed by atoms with van der Waals surface area (Å²) in [5.41, 5.74) is 0.914. The average molecular weight is 148 g/mol. The van der Waals surface area contributed by atoms with Gasteiger partial charge in [-0.15, -0.1) is 0 Å². The van der Waals surface area contributed by atoms with Crippen LogP contribution in [0.5, 0.6) is 0 Å². The Hall–Kier alpha value is -1.44. The number of benzene rings is 1. The molecule has 0 atom stereocenters. The van der Waals surface area contributed by atoms with E-state index in [2.05, 4.69) is 0 Å². The van der Waals surface area contributed by atoms with Crippen LogP contribution in [0, 0.1) is 6.42 Å². The zero-order valence-electron chi connectivity index (χ0n) is 5.99. The molecule has 0 radical (unpaired) electrons. The van der Waals surface area contributed by atoms with Gasteiger partial charge < -0.3 is 9.90 Å². The second-order valence-corrected chi connectivity index (χ2v) is 2.19. The number of carbonyl (C=O) groups is 1. The van der Waals surface area contributed by atoms with Crippen LogP contribution in [0.3, 0.4) is 0 Å². The lowest BCUT2D eigenvalue weighted by atomic mass is 10.1. The second-order valence-electron chi connectivity index (χ2n) is 2.19. The van der Waals surface area contributed by atoms with Crippen molar-refractivity contribution in [3.8, 4) is 0 Å². The number of carboxylic acids is 1. The summed E-state index contributed by atoms with van der Waals surface area (Å²) >= 11 is 0. The SMILES string of the molecule is O=C([O-])C[CH+]c1ccccc1. The molecule has 0 fully saturated rings. The highest BCUT2D eigenvalue weighted by molar-refractivity contribution is 5.66. The summed E-state index contributed by atoms with van der Waals surface area (Å²) in [6.45, 7) is 0. The van der Waals surface area contributed by atoms with Gasteiger partial charge in [0.1, 0.15) is 5.56 Å². The lowest BCUT2D eigenvalue weighted by molar-refractivity contribution is -0.304. The number of carboxylic acid groups (broad SMARTS) is 1. The molecule has 2 heteroatoms. The van der Waals surface area contributed by atoms with Crippen molar-refractivity contribution >= 4 is 5.97 Å². The van der Waals surface area contributed by atoms with Crippen LogP contribution >= 0.6 is 0 Å². The van der Waals surface area contributed by atoms with E-state index < -0.39 is 5.97 Å². The molecule has 0 saturated carbocycles. The molecule has 0 spiro atoms. The molecule has 1 aromatic rings. The molecule has 0 aliphatic rings. The summed E-state index contributed by atoms with van der Waals surface area (Å²) in [5.74, 6) is -1.05. The third-order valence-corrected chi connectivity index (χ3v) is 1.30. The van der Waals surface area contributed by atoms with E-state index >= 15 is 0 Å². The Bertz CT molecular complexity index is 229. The maximum absolute atomic E-state index is 10.0. The van der Waals surface area contributed by atoms with Crippen molar-refractivity contribution < 1.29 is 9.90 Å². The molecule has 0 N–H and O–H groups in total. The van der Waals surface area contributed by atoms with Gasteiger partial charge in [-0.3, -0.25) is 0 Å². The van der Waals surface area contributed by atoms with Gasteiger partial charge in [-0.05, 0) is 18.2 Å². The quantitative estimate of drug-likeness (QED) is 0.581. The molecule has 0 heterocycles. The third-order valence-electron chi connectivity index (χ3n) is 1.30. The summed E-state index contributed by atoms with van der Waals surface area (Å²) in [7, 11) is 0. The predicted molar refractivity (Wildman–Crippen MR) is 39.5 cm³/mol. The van der Waals surface area contributed by atoms with Gasteiger partial charge >= 0.3 is 0 Å². The van der Waals surface area contributed by atoms with Crippen molar-refractivity contribution in [1.29, 1.82) is 0 Å². The first-order chi connectivity index (χ1) is 5.29. The van der Waals surface area contributed by atoms with Gasteiger partial charge in [-0.25, -0.2) is 0 Å². The highest BCUT2D eigenvalue weighted by atomic mass is 16.4. The first kappa shape index (κ1) is 7.66. The van der Waals surface area contributed by atoms with Crippen LogP contribution in [0.1, 0.15) is 12.0 Å². The van der Waals surface area contributed by atoms with E-state index in [0.29, 0.717) is 0 Å². The maximum Gasteiger partial charge on any atom is 0.130 e. The summed E-state index contributed by atoms with van der Waals surface area (Å²) in [4.78, 5) is 10.0. The molecule has 1 aromatic carbocycles. The maximum atomic E-state index is 10.0. The third kappa shape index (κ3) is 2.76. The molecule has 2 nitrogen and oxygen atoms in total. The molecule has 0 amide bonds. The number of hydrogen-bond acceptors (Lipinski definition) is 2. The van der Waals surface area contributed by atoms with Crippen molar-refractivity contribution in [3.63, 3.8) is 0 Å². The van der Waals surface area contributed by atoms with Gasteiger partial charge in [-0.1, -0.05) is 0 Å². The molecule has 56 valence electrons. The number of aliphatic carboxylic acids is 1. The van der Waals surface area contributed by atoms with Crippen LogP contribution in [-0.4, -0.2) is 5.97 Å². The molecule has 0 bridgehead atoms. The standard InChI is InChI=1S/C9H8O2/c10-9(11)7-6-8-4-2-1-3-5-8/h1-6H,7H2. The lowest BCUT2D eigenvalue weighted by Crippen LogP contribution is -2.21. The fourth-order valence-corrected chi connectivity index (χ4v) is 0.790. The Morgan fingerprint density at radius 3 is 2.55 bits per heavy atom. The average Bonchev–Trinajstić information content (AvgIpc) is 2.03. The van der Waals surface area contributed by atoms with E-state index in [1.165, 1.54) is 0 Å². The van der Waals surface area contributed by atoms with Gasteiger partial charge in [-0.2, -0.15) is 0 Å². The molecule has 1 rings (SSSR count). The molecule has 0 aromatic heterocycles. The molecular weight excluding hydrogens is 140 g/mol. The summed E-state index contributed by atoms with van der Waals surface area (Å²) in [6.07, 6.45) is 1.60. The van der Waals surface area contributed by atoms with Crippen molar-refractivity contribution in [2.24, 2.45) is 0 Å². The van der Waals surface area contributed by atoms with Gasteiger partial charge in [0, 0.05) is 18.6 Å². The highest BCUT2D eigenvalue weighted by Gasteiger charge is 1.98. The summed E-state index contributed by atoms with van der Waals surface area (Å²) in [6, 6.07) is 9.31. The zero-order chi connectivity index (χ0) is 8.10. The molecular formula is C9H8O2. The fraction of sp³-hybridized carbons (Fsp3) is 0.111. The van der Waals surface area contributed by atoms with E-state index in [1.54, 1.807) is 6.42 Å². The van der Waals surface area contributed by atoms with Gasteiger partial charge in [0.25, 0.3) is 0 Å². The van der Waals surface area contributed by atoms with Crippen LogP contribution < -0.4 is 5.11 Å². The summed E-state index contributed by atoms with van der Waals surface area (Å²) < 4.78 is 0. The lowest BCUT2D eigenvalue weighted by Gasteiger charge is -1.94.